The highest BCUT2D eigenvalue weighted by molar-refractivity contribution is 5.37. The summed E-state index contributed by atoms with van der Waals surface area (Å²) in [4.78, 5) is 12.6. The highest BCUT2D eigenvalue weighted by Gasteiger charge is 2.31. The second kappa shape index (κ2) is 7.90. The number of ether oxygens (including phenoxy) is 1. The molecule has 1 aromatic heterocycles. The highest BCUT2D eigenvalue weighted by Crippen LogP contribution is 2.25. The van der Waals surface area contributed by atoms with E-state index in [2.05, 4.69) is 24.5 Å². The van der Waals surface area contributed by atoms with E-state index in [1.807, 2.05) is 19.2 Å². The fourth-order valence-corrected chi connectivity index (χ4v) is 3.27. The largest absolute Gasteiger partial charge is 0.573 e. The van der Waals surface area contributed by atoms with E-state index in [0.717, 1.165) is 37.3 Å². The van der Waals surface area contributed by atoms with E-state index in [1.54, 1.807) is 12.3 Å². The molecular weight excluding hydrogens is 345 g/mol. The molecule has 0 N–H and O–H groups in total. The number of halogens is 3. The summed E-state index contributed by atoms with van der Waals surface area (Å²) < 4.78 is 41.2. The molecule has 0 bridgehead atoms. The second-order valence-corrected chi connectivity index (χ2v) is 6.40. The Bertz CT molecular complexity index is 711. The van der Waals surface area contributed by atoms with Crippen molar-refractivity contribution >= 4 is 5.82 Å². The van der Waals surface area contributed by atoms with Crippen molar-refractivity contribution in [3.63, 3.8) is 0 Å². The number of rotatable bonds is 5. The van der Waals surface area contributed by atoms with Crippen molar-refractivity contribution in [3.8, 4) is 5.75 Å². The number of anilines is 1. The van der Waals surface area contributed by atoms with E-state index >= 15 is 0 Å². The van der Waals surface area contributed by atoms with Gasteiger partial charge in [-0.2, -0.15) is 0 Å². The van der Waals surface area contributed by atoms with Crippen LogP contribution in [-0.2, 0) is 6.54 Å². The molecule has 26 heavy (non-hydrogen) atoms. The lowest BCUT2D eigenvalue weighted by molar-refractivity contribution is -0.274. The van der Waals surface area contributed by atoms with E-state index in [4.69, 9.17) is 0 Å². The van der Waals surface area contributed by atoms with Gasteiger partial charge in [0.2, 0.25) is 0 Å². The quantitative estimate of drug-likeness (QED) is 0.810. The zero-order valence-corrected chi connectivity index (χ0v) is 14.5. The zero-order chi connectivity index (χ0) is 18.6. The molecular formula is C18H21F3N4O. The lowest BCUT2D eigenvalue weighted by atomic mass is 10.0. The average molecular weight is 366 g/mol. The Morgan fingerprint density at radius 1 is 1.31 bits per heavy atom. The minimum absolute atomic E-state index is 0.179. The lowest BCUT2D eigenvalue weighted by Crippen LogP contribution is -2.46. The molecule has 2 aromatic rings. The van der Waals surface area contributed by atoms with Crippen LogP contribution in [0, 0.1) is 0 Å². The maximum atomic E-state index is 12.4. The summed E-state index contributed by atoms with van der Waals surface area (Å²) in [6, 6.07) is 8.35. The highest BCUT2D eigenvalue weighted by atomic mass is 19.4. The van der Waals surface area contributed by atoms with Gasteiger partial charge in [-0.05, 0) is 43.1 Å². The number of aromatic nitrogens is 2. The van der Waals surface area contributed by atoms with Crippen LogP contribution in [0.15, 0.2) is 42.9 Å². The van der Waals surface area contributed by atoms with Gasteiger partial charge in [0.25, 0.3) is 0 Å². The Morgan fingerprint density at radius 3 is 2.88 bits per heavy atom. The molecule has 0 spiro atoms. The first kappa shape index (κ1) is 18.4. The molecule has 8 heteroatoms. The molecule has 0 saturated carbocycles. The number of benzene rings is 1. The minimum Gasteiger partial charge on any atom is -0.406 e. The topological polar surface area (TPSA) is 41.5 Å². The molecule has 1 aliphatic rings. The van der Waals surface area contributed by atoms with Gasteiger partial charge in [-0.25, -0.2) is 9.97 Å². The van der Waals surface area contributed by atoms with Crippen LogP contribution < -0.4 is 9.64 Å². The van der Waals surface area contributed by atoms with Gasteiger partial charge in [0.05, 0.1) is 0 Å². The first-order valence-corrected chi connectivity index (χ1v) is 8.46. The van der Waals surface area contributed by atoms with Crippen LogP contribution in [0.3, 0.4) is 0 Å². The predicted molar refractivity (Wildman–Crippen MR) is 91.9 cm³/mol. The molecule has 140 valence electrons. The summed E-state index contributed by atoms with van der Waals surface area (Å²) in [7, 11) is 2.01. The van der Waals surface area contributed by atoms with Crippen molar-refractivity contribution in [3.05, 3.63) is 48.4 Å². The Morgan fingerprint density at radius 2 is 2.15 bits per heavy atom. The average Bonchev–Trinajstić information content (AvgIpc) is 2.61. The number of likely N-dealkylation sites (N-methyl/N-ethyl adjacent to an activating group) is 1. The van der Waals surface area contributed by atoms with Gasteiger partial charge in [0.15, 0.2) is 0 Å². The van der Waals surface area contributed by atoms with Gasteiger partial charge in [0.1, 0.15) is 17.9 Å². The Kier molecular flexibility index (Phi) is 5.61. The van der Waals surface area contributed by atoms with E-state index < -0.39 is 6.36 Å². The van der Waals surface area contributed by atoms with Crippen molar-refractivity contribution in [2.45, 2.75) is 31.8 Å². The van der Waals surface area contributed by atoms with Crippen LogP contribution in [0.25, 0.3) is 0 Å². The molecule has 1 aliphatic heterocycles. The number of alkyl halides is 3. The zero-order valence-electron chi connectivity index (χ0n) is 14.5. The molecule has 0 aliphatic carbocycles. The SMILES string of the molecule is CN(c1ccncn1)C1CCCN(Cc2cccc(OC(F)(F)F)c2)C1. The number of hydrogen-bond acceptors (Lipinski definition) is 5. The Balaban J connectivity index is 1.63. The van der Waals surface area contributed by atoms with E-state index in [0.29, 0.717) is 12.6 Å². The summed E-state index contributed by atoms with van der Waals surface area (Å²) in [5, 5.41) is 0. The third-order valence-corrected chi connectivity index (χ3v) is 4.49. The normalized spacial score (nSPS) is 18.5. The number of likely N-dealkylation sites (tertiary alicyclic amines) is 1. The van der Waals surface area contributed by atoms with Crippen molar-refractivity contribution in [1.29, 1.82) is 0 Å². The molecule has 1 unspecified atom stereocenters. The predicted octanol–water partition coefficient (Wildman–Crippen LogP) is 3.48. The smallest absolute Gasteiger partial charge is 0.406 e. The van der Waals surface area contributed by atoms with Crippen molar-refractivity contribution in [2.24, 2.45) is 0 Å². The van der Waals surface area contributed by atoms with Crippen LogP contribution in [0.4, 0.5) is 19.0 Å². The van der Waals surface area contributed by atoms with Crippen LogP contribution in [0.2, 0.25) is 0 Å². The minimum atomic E-state index is -4.67. The third kappa shape index (κ3) is 5.08. The molecule has 1 fully saturated rings. The molecule has 5 nitrogen and oxygen atoms in total. The van der Waals surface area contributed by atoms with E-state index in [-0.39, 0.29) is 5.75 Å². The number of nitrogens with zero attached hydrogens (tertiary/aromatic N) is 4. The lowest BCUT2D eigenvalue weighted by Gasteiger charge is -2.38. The maximum absolute atomic E-state index is 12.4. The summed E-state index contributed by atoms with van der Waals surface area (Å²) in [6.07, 6.45) is 0.645. The van der Waals surface area contributed by atoms with E-state index in [9.17, 15) is 13.2 Å². The summed E-state index contributed by atoms with van der Waals surface area (Å²) >= 11 is 0. The summed E-state index contributed by atoms with van der Waals surface area (Å²) in [5.41, 5.74) is 0.803. The fourth-order valence-electron chi connectivity index (χ4n) is 3.27. The van der Waals surface area contributed by atoms with Crippen molar-refractivity contribution in [1.82, 2.24) is 14.9 Å². The van der Waals surface area contributed by atoms with Crippen LogP contribution in [-0.4, -0.2) is 47.4 Å². The van der Waals surface area contributed by atoms with Gasteiger partial charge >= 0.3 is 6.36 Å². The Labute approximate surface area is 150 Å². The number of hydrogen-bond donors (Lipinski definition) is 0. The fraction of sp³-hybridized carbons (Fsp3) is 0.444. The monoisotopic (exact) mass is 366 g/mol. The van der Waals surface area contributed by atoms with Gasteiger partial charge in [-0.15, -0.1) is 13.2 Å². The van der Waals surface area contributed by atoms with Gasteiger partial charge < -0.3 is 9.64 Å². The maximum Gasteiger partial charge on any atom is 0.573 e. The molecule has 2 heterocycles. The van der Waals surface area contributed by atoms with Crippen LogP contribution >= 0.6 is 0 Å². The van der Waals surface area contributed by atoms with Crippen LogP contribution in [0.5, 0.6) is 5.75 Å². The van der Waals surface area contributed by atoms with Crippen molar-refractivity contribution in [2.75, 3.05) is 25.0 Å². The van der Waals surface area contributed by atoms with Gasteiger partial charge in [-0.3, -0.25) is 4.90 Å². The molecule has 0 amide bonds. The van der Waals surface area contributed by atoms with Crippen molar-refractivity contribution < 1.29 is 17.9 Å². The molecule has 0 radical (unpaired) electrons. The molecule has 3 rings (SSSR count). The third-order valence-electron chi connectivity index (χ3n) is 4.49. The first-order chi connectivity index (χ1) is 12.4. The van der Waals surface area contributed by atoms with E-state index in [1.165, 1.54) is 18.5 Å². The standard InChI is InChI=1S/C18H21F3N4O/c1-24(17-7-8-22-13-23-17)15-5-3-9-25(12-15)11-14-4-2-6-16(10-14)26-18(19,20)21/h2,4,6-8,10,13,15H,3,5,9,11-12H2,1H3. The molecule has 1 atom stereocenters. The van der Waals surface area contributed by atoms with Gasteiger partial charge in [0, 0.05) is 32.4 Å². The number of piperidine rings is 1. The Hall–Kier alpha value is -2.35. The van der Waals surface area contributed by atoms with Gasteiger partial charge in [-0.1, -0.05) is 12.1 Å². The van der Waals surface area contributed by atoms with Crippen LogP contribution in [0.1, 0.15) is 18.4 Å². The summed E-state index contributed by atoms with van der Waals surface area (Å²) in [6.45, 7) is 2.33. The first-order valence-electron chi connectivity index (χ1n) is 8.46. The molecule has 1 aromatic carbocycles. The summed E-state index contributed by atoms with van der Waals surface area (Å²) in [5.74, 6) is 0.689. The molecule has 1 saturated heterocycles. The second-order valence-electron chi connectivity index (χ2n) is 6.40.